The Bertz CT molecular complexity index is 1160. The third kappa shape index (κ3) is 4.05. The van der Waals surface area contributed by atoms with Gasteiger partial charge in [-0.05, 0) is 49.1 Å². The third-order valence-electron chi connectivity index (χ3n) is 5.94. The molecule has 32 heavy (non-hydrogen) atoms. The average molecular weight is 456 g/mol. The molecule has 2 aromatic rings. The van der Waals surface area contributed by atoms with Crippen LogP contribution < -0.4 is 4.90 Å². The Hall–Kier alpha value is -3.04. The van der Waals surface area contributed by atoms with Gasteiger partial charge in [0.1, 0.15) is 0 Å². The minimum atomic E-state index is -4.03. The van der Waals surface area contributed by atoms with Crippen LogP contribution in [0.2, 0.25) is 0 Å². The number of nitrogens with zero attached hydrogens (tertiary/aromatic N) is 3. The summed E-state index contributed by atoms with van der Waals surface area (Å²) in [6, 6.07) is 14.0. The number of imide groups is 1. The largest absolute Gasteiger partial charge is 0.309 e. The number of fused-ring (bicyclic) bond motifs is 1. The molecule has 2 heterocycles. The molecule has 1 saturated heterocycles. The van der Waals surface area contributed by atoms with E-state index in [0.29, 0.717) is 18.5 Å². The molecule has 168 valence electrons. The first-order valence-electron chi connectivity index (χ1n) is 10.5. The van der Waals surface area contributed by atoms with Crippen LogP contribution in [0.5, 0.6) is 0 Å². The number of hydrogen-bond acceptors (Lipinski definition) is 5. The molecule has 0 unspecified atom stereocenters. The Morgan fingerprint density at radius 1 is 1.03 bits per heavy atom. The smallest absolute Gasteiger partial charge is 0.244 e. The summed E-state index contributed by atoms with van der Waals surface area (Å²) in [6.07, 6.45) is 1.06. The summed E-state index contributed by atoms with van der Waals surface area (Å²) in [6.45, 7) is 2.84. The summed E-state index contributed by atoms with van der Waals surface area (Å²) in [4.78, 5) is 39.9. The predicted octanol–water partition coefficient (Wildman–Crippen LogP) is 1.59. The zero-order valence-corrected chi connectivity index (χ0v) is 18.8. The SMILES string of the molecule is CC(=O)N1c2ccc(S(=O)(=O)N3CC(=O)N(CCc4ccccc4)C(=O)C3)cc2C[C@H]1C. The van der Waals surface area contributed by atoms with Gasteiger partial charge in [0.25, 0.3) is 0 Å². The van der Waals surface area contributed by atoms with Crippen LogP contribution in [0.15, 0.2) is 53.4 Å². The van der Waals surface area contributed by atoms with Crippen molar-refractivity contribution in [2.45, 2.75) is 37.6 Å². The Morgan fingerprint density at radius 2 is 1.69 bits per heavy atom. The molecule has 0 saturated carbocycles. The van der Waals surface area contributed by atoms with Crippen molar-refractivity contribution in [3.8, 4) is 0 Å². The van der Waals surface area contributed by atoms with E-state index in [-0.39, 0.29) is 36.5 Å². The molecule has 3 amide bonds. The summed E-state index contributed by atoms with van der Waals surface area (Å²) >= 11 is 0. The van der Waals surface area contributed by atoms with E-state index in [1.165, 1.54) is 13.0 Å². The predicted molar refractivity (Wildman–Crippen MR) is 118 cm³/mol. The number of sulfonamides is 1. The lowest BCUT2D eigenvalue weighted by atomic mass is 10.1. The van der Waals surface area contributed by atoms with Crippen molar-refractivity contribution in [3.63, 3.8) is 0 Å². The zero-order valence-electron chi connectivity index (χ0n) is 18.0. The van der Waals surface area contributed by atoms with E-state index in [1.807, 2.05) is 37.3 Å². The van der Waals surface area contributed by atoms with E-state index in [4.69, 9.17) is 0 Å². The standard InChI is InChI=1S/C23H25N3O5S/c1-16-12-19-13-20(8-9-21(19)26(16)17(2)27)32(30,31)24-14-22(28)25(23(29)15-24)11-10-18-6-4-3-5-7-18/h3-9,13,16H,10-12,14-15H2,1-2H3/t16-/m1/s1. The first-order valence-corrected chi connectivity index (χ1v) is 11.9. The number of rotatable bonds is 5. The van der Waals surface area contributed by atoms with Crippen molar-refractivity contribution in [1.29, 1.82) is 0 Å². The van der Waals surface area contributed by atoms with E-state index in [9.17, 15) is 22.8 Å². The highest BCUT2D eigenvalue weighted by atomic mass is 32.2. The topological polar surface area (TPSA) is 95.1 Å². The number of anilines is 1. The Kier molecular flexibility index (Phi) is 5.87. The van der Waals surface area contributed by atoms with Crippen molar-refractivity contribution in [3.05, 3.63) is 59.7 Å². The molecule has 2 aliphatic rings. The quantitative estimate of drug-likeness (QED) is 0.638. The number of amides is 3. The van der Waals surface area contributed by atoms with Gasteiger partial charge in [-0.25, -0.2) is 8.42 Å². The summed E-state index contributed by atoms with van der Waals surface area (Å²) in [5.41, 5.74) is 2.45. The van der Waals surface area contributed by atoms with Gasteiger partial charge in [-0.2, -0.15) is 4.31 Å². The minimum Gasteiger partial charge on any atom is -0.309 e. The van der Waals surface area contributed by atoms with Crippen LogP contribution in [-0.2, 0) is 37.2 Å². The van der Waals surface area contributed by atoms with Gasteiger partial charge < -0.3 is 4.90 Å². The number of hydrogen-bond donors (Lipinski definition) is 0. The molecule has 1 fully saturated rings. The van der Waals surface area contributed by atoms with Crippen LogP contribution in [0, 0.1) is 0 Å². The Morgan fingerprint density at radius 3 is 2.31 bits per heavy atom. The average Bonchev–Trinajstić information content (AvgIpc) is 3.08. The third-order valence-corrected chi connectivity index (χ3v) is 7.72. The van der Waals surface area contributed by atoms with E-state index in [1.54, 1.807) is 17.0 Å². The highest BCUT2D eigenvalue weighted by Gasteiger charge is 2.38. The van der Waals surface area contributed by atoms with Crippen LogP contribution in [0.3, 0.4) is 0 Å². The first-order chi connectivity index (χ1) is 15.2. The monoisotopic (exact) mass is 455 g/mol. The summed E-state index contributed by atoms with van der Waals surface area (Å²) in [5.74, 6) is -1.16. The lowest BCUT2D eigenvalue weighted by molar-refractivity contribution is -0.149. The minimum absolute atomic E-state index is 0.0205. The molecule has 0 aromatic heterocycles. The lowest BCUT2D eigenvalue weighted by Gasteiger charge is -2.32. The molecule has 9 heteroatoms. The van der Waals surface area contributed by atoms with E-state index in [2.05, 4.69) is 0 Å². The molecule has 0 N–H and O–H groups in total. The fraction of sp³-hybridized carbons (Fsp3) is 0.348. The fourth-order valence-electron chi connectivity index (χ4n) is 4.37. The summed E-state index contributed by atoms with van der Waals surface area (Å²) < 4.78 is 27.3. The molecule has 0 bridgehead atoms. The fourth-order valence-corrected chi connectivity index (χ4v) is 5.76. The molecule has 0 aliphatic carbocycles. The normalized spacial score (nSPS) is 19.4. The molecule has 2 aliphatic heterocycles. The van der Waals surface area contributed by atoms with Crippen molar-refractivity contribution < 1.29 is 22.8 Å². The number of carbonyl (C=O) groups excluding carboxylic acids is 3. The highest BCUT2D eigenvalue weighted by molar-refractivity contribution is 7.89. The number of carbonyl (C=O) groups is 3. The van der Waals surface area contributed by atoms with Crippen LogP contribution in [-0.4, -0.2) is 61.0 Å². The second-order valence-electron chi connectivity index (χ2n) is 8.18. The van der Waals surface area contributed by atoms with Crippen LogP contribution in [0.25, 0.3) is 0 Å². The van der Waals surface area contributed by atoms with E-state index >= 15 is 0 Å². The Balaban J connectivity index is 1.50. The van der Waals surface area contributed by atoms with Gasteiger partial charge in [-0.1, -0.05) is 30.3 Å². The summed E-state index contributed by atoms with van der Waals surface area (Å²) in [5, 5.41) is 0. The van der Waals surface area contributed by atoms with Crippen molar-refractivity contribution >= 4 is 33.4 Å². The zero-order chi connectivity index (χ0) is 23.0. The molecular formula is C23H25N3O5S. The van der Waals surface area contributed by atoms with Gasteiger partial charge in [-0.15, -0.1) is 0 Å². The van der Waals surface area contributed by atoms with Gasteiger partial charge in [0.2, 0.25) is 27.7 Å². The number of benzene rings is 2. The molecule has 2 aromatic carbocycles. The molecule has 0 radical (unpaired) electrons. The maximum atomic E-state index is 13.2. The maximum Gasteiger partial charge on any atom is 0.244 e. The molecule has 4 rings (SSSR count). The van der Waals surface area contributed by atoms with Gasteiger partial charge in [-0.3, -0.25) is 19.3 Å². The second kappa shape index (κ2) is 8.48. The van der Waals surface area contributed by atoms with Gasteiger partial charge in [0.05, 0.1) is 18.0 Å². The van der Waals surface area contributed by atoms with Crippen molar-refractivity contribution in [1.82, 2.24) is 9.21 Å². The molecule has 1 atom stereocenters. The lowest BCUT2D eigenvalue weighted by Crippen LogP contribution is -2.55. The molecule has 8 nitrogen and oxygen atoms in total. The van der Waals surface area contributed by atoms with Gasteiger partial charge in [0.15, 0.2) is 0 Å². The van der Waals surface area contributed by atoms with Crippen LogP contribution in [0.4, 0.5) is 5.69 Å². The number of piperazine rings is 1. The van der Waals surface area contributed by atoms with Crippen molar-refractivity contribution in [2.75, 3.05) is 24.5 Å². The molecular weight excluding hydrogens is 430 g/mol. The first kappa shape index (κ1) is 22.2. The Labute approximate surface area is 187 Å². The maximum absolute atomic E-state index is 13.2. The van der Waals surface area contributed by atoms with Crippen LogP contribution in [0.1, 0.15) is 25.0 Å². The van der Waals surface area contributed by atoms with E-state index in [0.717, 1.165) is 20.3 Å². The van der Waals surface area contributed by atoms with Gasteiger partial charge >= 0.3 is 0 Å². The van der Waals surface area contributed by atoms with E-state index < -0.39 is 21.8 Å². The highest BCUT2D eigenvalue weighted by Crippen LogP contribution is 2.34. The summed E-state index contributed by atoms with van der Waals surface area (Å²) in [7, 11) is -4.03. The second-order valence-corrected chi connectivity index (χ2v) is 10.1. The van der Waals surface area contributed by atoms with Crippen molar-refractivity contribution in [2.24, 2.45) is 0 Å². The van der Waals surface area contributed by atoms with Crippen LogP contribution >= 0.6 is 0 Å². The molecule has 0 spiro atoms. The van der Waals surface area contributed by atoms with Gasteiger partial charge in [0, 0.05) is 25.2 Å².